The molecule has 3 heteroatoms. The van der Waals surface area contributed by atoms with E-state index in [0.717, 1.165) is 25.7 Å². The second kappa shape index (κ2) is 7.61. The van der Waals surface area contributed by atoms with Gasteiger partial charge >= 0.3 is 0 Å². The summed E-state index contributed by atoms with van der Waals surface area (Å²) in [6.07, 6.45) is 10.1. The molecule has 1 aliphatic carbocycles. The summed E-state index contributed by atoms with van der Waals surface area (Å²) in [6.45, 7) is 5.25. The maximum absolute atomic E-state index is 6.06. The van der Waals surface area contributed by atoms with Crippen molar-refractivity contribution in [1.29, 1.82) is 0 Å². The van der Waals surface area contributed by atoms with Gasteiger partial charge in [-0.25, -0.2) is 0 Å². The van der Waals surface area contributed by atoms with E-state index in [1.54, 1.807) is 7.11 Å². The van der Waals surface area contributed by atoms with Crippen molar-refractivity contribution in [1.82, 2.24) is 5.32 Å². The summed E-state index contributed by atoms with van der Waals surface area (Å²) < 4.78 is 11.3. The predicted octanol–water partition coefficient (Wildman–Crippen LogP) is 3.13. The summed E-state index contributed by atoms with van der Waals surface area (Å²) in [5, 5.41) is 3.77. The van der Waals surface area contributed by atoms with Crippen LogP contribution in [0.3, 0.4) is 0 Å². The Kier molecular flexibility index (Phi) is 6.11. The minimum Gasteiger partial charge on any atom is -0.385 e. The van der Waals surface area contributed by atoms with Gasteiger partial charge in [-0.3, -0.25) is 0 Å². The largest absolute Gasteiger partial charge is 0.385 e. The summed E-state index contributed by atoms with van der Waals surface area (Å²) in [7, 11) is 1.80. The molecule has 0 aromatic carbocycles. The highest BCUT2D eigenvalue weighted by molar-refractivity contribution is 4.96. The van der Waals surface area contributed by atoms with Crippen molar-refractivity contribution in [2.24, 2.45) is 5.92 Å². The predicted molar refractivity (Wildman–Crippen MR) is 78.4 cm³/mol. The molecule has 1 aliphatic heterocycles. The van der Waals surface area contributed by atoms with Crippen LogP contribution in [0.1, 0.15) is 58.3 Å². The van der Waals surface area contributed by atoms with Crippen molar-refractivity contribution in [3.63, 3.8) is 0 Å². The van der Waals surface area contributed by atoms with Gasteiger partial charge in [-0.15, -0.1) is 0 Å². The first-order valence-corrected chi connectivity index (χ1v) is 8.16. The van der Waals surface area contributed by atoms with Crippen LogP contribution < -0.4 is 5.32 Å². The molecule has 0 aromatic heterocycles. The molecule has 2 aliphatic rings. The van der Waals surface area contributed by atoms with E-state index in [1.165, 1.54) is 51.4 Å². The molecule has 112 valence electrons. The van der Waals surface area contributed by atoms with Crippen LogP contribution in [-0.4, -0.2) is 38.5 Å². The molecule has 2 fully saturated rings. The lowest BCUT2D eigenvalue weighted by atomic mass is 9.70. The first-order valence-electron chi connectivity index (χ1n) is 8.16. The van der Waals surface area contributed by atoms with Gasteiger partial charge in [0.05, 0.1) is 5.60 Å². The molecule has 2 atom stereocenters. The van der Waals surface area contributed by atoms with E-state index in [1.807, 2.05) is 0 Å². The lowest BCUT2D eigenvalue weighted by molar-refractivity contribution is -0.147. The summed E-state index contributed by atoms with van der Waals surface area (Å²) in [5.41, 5.74) is 0.274. The second-order valence-electron chi connectivity index (χ2n) is 6.33. The number of rotatable bonds is 8. The first kappa shape index (κ1) is 15.3. The molecule has 1 heterocycles. The molecule has 0 amide bonds. The maximum atomic E-state index is 6.06. The van der Waals surface area contributed by atoms with Gasteiger partial charge < -0.3 is 14.8 Å². The molecule has 19 heavy (non-hydrogen) atoms. The highest BCUT2D eigenvalue weighted by Crippen LogP contribution is 2.45. The molecule has 1 saturated heterocycles. The van der Waals surface area contributed by atoms with Gasteiger partial charge in [0.2, 0.25) is 0 Å². The van der Waals surface area contributed by atoms with Crippen LogP contribution in [0, 0.1) is 5.92 Å². The normalized spacial score (nSPS) is 27.2. The standard InChI is InChI=1S/C16H31NO2/c1-3-10-17-15(6-4-11-18-2)14-7-12-19-16(13-14)8-5-9-16/h14-15,17H,3-13H2,1-2H3. The van der Waals surface area contributed by atoms with Crippen LogP contribution in [-0.2, 0) is 9.47 Å². The molecule has 3 nitrogen and oxygen atoms in total. The summed E-state index contributed by atoms with van der Waals surface area (Å²) in [6, 6.07) is 0.663. The van der Waals surface area contributed by atoms with Crippen molar-refractivity contribution in [2.45, 2.75) is 69.9 Å². The highest BCUT2D eigenvalue weighted by atomic mass is 16.5. The summed E-state index contributed by atoms with van der Waals surface area (Å²) >= 11 is 0. The van der Waals surface area contributed by atoms with Crippen molar-refractivity contribution >= 4 is 0 Å². The SMILES string of the molecule is CCCNC(CCCOC)C1CCOC2(CCC2)C1. The number of hydrogen-bond donors (Lipinski definition) is 1. The molecule has 1 spiro atoms. The van der Waals surface area contributed by atoms with E-state index >= 15 is 0 Å². The van der Waals surface area contributed by atoms with E-state index in [0.29, 0.717) is 6.04 Å². The third-order valence-electron chi connectivity index (χ3n) is 4.89. The van der Waals surface area contributed by atoms with Crippen LogP contribution in [0.15, 0.2) is 0 Å². The van der Waals surface area contributed by atoms with Gasteiger partial charge in [0, 0.05) is 26.4 Å². The number of hydrogen-bond acceptors (Lipinski definition) is 3. The number of ether oxygens (including phenoxy) is 2. The maximum Gasteiger partial charge on any atom is 0.0685 e. The van der Waals surface area contributed by atoms with Crippen LogP contribution in [0.25, 0.3) is 0 Å². The summed E-state index contributed by atoms with van der Waals surface area (Å²) in [4.78, 5) is 0. The zero-order valence-corrected chi connectivity index (χ0v) is 12.7. The Morgan fingerprint density at radius 1 is 1.42 bits per heavy atom. The summed E-state index contributed by atoms with van der Waals surface area (Å²) in [5.74, 6) is 0.803. The molecule has 1 N–H and O–H groups in total. The van der Waals surface area contributed by atoms with E-state index in [4.69, 9.17) is 9.47 Å². The van der Waals surface area contributed by atoms with Gasteiger partial charge in [-0.2, -0.15) is 0 Å². The molecule has 0 radical (unpaired) electrons. The average molecular weight is 269 g/mol. The molecule has 2 rings (SSSR count). The molecule has 0 aromatic rings. The topological polar surface area (TPSA) is 30.5 Å². The highest BCUT2D eigenvalue weighted by Gasteiger charge is 2.43. The van der Waals surface area contributed by atoms with Crippen LogP contribution in [0.2, 0.25) is 0 Å². The lowest BCUT2D eigenvalue weighted by Crippen LogP contribution is -2.50. The first-order chi connectivity index (χ1) is 9.29. The minimum absolute atomic E-state index is 0.274. The fourth-order valence-electron chi connectivity index (χ4n) is 3.61. The van der Waals surface area contributed by atoms with Crippen LogP contribution in [0.5, 0.6) is 0 Å². The lowest BCUT2D eigenvalue weighted by Gasteiger charge is -2.49. The Labute approximate surface area is 118 Å². The molecular formula is C16H31NO2. The number of methoxy groups -OCH3 is 1. The minimum atomic E-state index is 0.274. The van der Waals surface area contributed by atoms with Gasteiger partial charge in [-0.05, 0) is 63.8 Å². The Bertz CT molecular complexity index is 253. The fraction of sp³-hybridized carbons (Fsp3) is 1.00. The molecule has 1 saturated carbocycles. The van der Waals surface area contributed by atoms with Gasteiger partial charge in [0.15, 0.2) is 0 Å². The van der Waals surface area contributed by atoms with Crippen molar-refractivity contribution < 1.29 is 9.47 Å². The zero-order chi connectivity index (χ0) is 13.6. The Hall–Kier alpha value is -0.120. The Morgan fingerprint density at radius 3 is 2.89 bits per heavy atom. The molecule has 2 unspecified atom stereocenters. The molecular weight excluding hydrogens is 238 g/mol. The third kappa shape index (κ3) is 4.17. The van der Waals surface area contributed by atoms with E-state index < -0.39 is 0 Å². The Morgan fingerprint density at radius 2 is 2.26 bits per heavy atom. The zero-order valence-electron chi connectivity index (χ0n) is 12.7. The van der Waals surface area contributed by atoms with Crippen molar-refractivity contribution in [3.05, 3.63) is 0 Å². The fourth-order valence-corrected chi connectivity index (χ4v) is 3.61. The Balaban J connectivity index is 1.84. The van der Waals surface area contributed by atoms with Crippen LogP contribution >= 0.6 is 0 Å². The average Bonchev–Trinajstić information content (AvgIpc) is 2.41. The molecule has 0 bridgehead atoms. The monoisotopic (exact) mass is 269 g/mol. The third-order valence-corrected chi connectivity index (χ3v) is 4.89. The van der Waals surface area contributed by atoms with E-state index in [9.17, 15) is 0 Å². The van der Waals surface area contributed by atoms with Gasteiger partial charge in [-0.1, -0.05) is 6.92 Å². The van der Waals surface area contributed by atoms with E-state index in [-0.39, 0.29) is 5.60 Å². The van der Waals surface area contributed by atoms with Gasteiger partial charge in [0.1, 0.15) is 0 Å². The second-order valence-corrected chi connectivity index (χ2v) is 6.33. The van der Waals surface area contributed by atoms with Crippen molar-refractivity contribution in [2.75, 3.05) is 26.9 Å². The van der Waals surface area contributed by atoms with Crippen LogP contribution in [0.4, 0.5) is 0 Å². The van der Waals surface area contributed by atoms with E-state index in [2.05, 4.69) is 12.2 Å². The quantitative estimate of drug-likeness (QED) is 0.687. The van der Waals surface area contributed by atoms with Crippen molar-refractivity contribution in [3.8, 4) is 0 Å². The smallest absolute Gasteiger partial charge is 0.0685 e. The number of nitrogens with one attached hydrogen (secondary N) is 1. The van der Waals surface area contributed by atoms with Gasteiger partial charge in [0.25, 0.3) is 0 Å².